The van der Waals surface area contributed by atoms with Gasteiger partial charge in [0.15, 0.2) is 5.82 Å². The number of halogens is 1. The van der Waals surface area contributed by atoms with Crippen molar-refractivity contribution in [1.82, 2.24) is 24.3 Å². The smallest absolute Gasteiger partial charge is 0.159 e. The summed E-state index contributed by atoms with van der Waals surface area (Å²) in [7, 11) is 1.68. The second kappa shape index (κ2) is 8.42. The molecular formula is C25H24FN5O. The number of imidazole rings is 1. The van der Waals surface area contributed by atoms with E-state index in [1.54, 1.807) is 25.6 Å². The summed E-state index contributed by atoms with van der Waals surface area (Å²) in [5.41, 5.74) is 5.13. The summed E-state index contributed by atoms with van der Waals surface area (Å²) >= 11 is 0. The van der Waals surface area contributed by atoms with E-state index in [-0.39, 0.29) is 5.82 Å². The van der Waals surface area contributed by atoms with Gasteiger partial charge in [0.2, 0.25) is 0 Å². The van der Waals surface area contributed by atoms with Gasteiger partial charge in [-0.25, -0.2) is 9.37 Å². The molecule has 2 aromatic heterocycles. The van der Waals surface area contributed by atoms with Crippen molar-refractivity contribution in [3.63, 3.8) is 0 Å². The number of hydrogen-bond donors (Lipinski definition) is 0. The number of rotatable bonds is 5. The average molecular weight is 429 g/mol. The summed E-state index contributed by atoms with van der Waals surface area (Å²) in [6.45, 7) is 2.85. The lowest BCUT2D eigenvalue weighted by Gasteiger charge is -2.18. The quantitative estimate of drug-likeness (QED) is 0.455. The summed E-state index contributed by atoms with van der Waals surface area (Å²) in [5.74, 6) is 2.36. The van der Waals surface area contributed by atoms with E-state index in [9.17, 15) is 4.39 Å². The molecule has 4 aromatic rings. The molecule has 0 spiro atoms. The van der Waals surface area contributed by atoms with Crippen LogP contribution in [0, 0.1) is 12.7 Å². The molecule has 0 unspecified atom stereocenters. The standard InChI is InChI=1S/C25H24FN5O/c1-17-15-30(16-27-17)22-10-7-19(13-23(22)32-2)12-20-4-3-11-31-24(28-29-25(20)31)14-18-5-8-21(26)9-6-18/h5-10,12-13,15-16H,3-4,11,14H2,1-2H3/b20-12+. The van der Waals surface area contributed by atoms with Crippen molar-refractivity contribution in [3.8, 4) is 11.4 Å². The fraction of sp³-hybridized carbons (Fsp3) is 0.240. The molecule has 0 fully saturated rings. The van der Waals surface area contributed by atoms with Gasteiger partial charge < -0.3 is 13.9 Å². The van der Waals surface area contributed by atoms with Crippen molar-refractivity contribution in [2.45, 2.75) is 32.7 Å². The third-order valence-electron chi connectivity index (χ3n) is 5.75. The van der Waals surface area contributed by atoms with Crippen molar-refractivity contribution >= 4 is 11.6 Å². The molecule has 2 aromatic carbocycles. The molecule has 6 nitrogen and oxygen atoms in total. The lowest BCUT2D eigenvalue weighted by Crippen LogP contribution is -2.13. The molecule has 0 radical (unpaired) electrons. The highest BCUT2D eigenvalue weighted by Crippen LogP contribution is 2.31. The number of ether oxygens (including phenoxy) is 1. The minimum atomic E-state index is -0.230. The van der Waals surface area contributed by atoms with Crippen LogP contribution in [0.1, 0.15) is 41.3 Å². The van der Waals surface area contributed by atoms with Gasteiger partial charge >= 0.3 is 0 Å². The second-order valence-electron chi connectivity index (χ2n) is 8.02. The van der Waals surface area contributed by atoms with E-state index in [0.717, 1.165) is 64.9 Å². The van der Waals surface area contributed by atoms with E-state index in [4.69, 9.17) is 4.74 Å². The zero-order valence-electron chi connectivity index (χ0n) is 18.1. The number of fused-ring (bicyclic) bond motifs is 1. The Kier molecular flexibility index (Phi) is 5.31. The number of hydrogen-bond acceptors (Lipinski definition) is 4. The number of allylic oxidation sites excluding steroid dienone is 1. The maximum atomic E-state index is 13.2. The van der Waals surface area contributed by atoms with Gasteiger partial charge in [-0.2, -0.15) is 0 Å². The van der Waals surface area contributed by atoms with Crippen LogP contribution in [0.5, 0.6) is 5.75 Å². The van der Waals surface area contributed by atoms with Gasteiger partial charge in [-0.1, -0.05) is 18.2 Å². The van der Waals surface area contributed by atoms with Crippen LogP contribution in [0.4, 0.5) is 4.39 Å². The highest BCUT2D eigenvalue weighted by atomic mass is 19.1. The van der Waals surface area contributed by atoms with E-state index < -0.39 is 0 Å². The lowest BCUT2D eigenvalue weighted by molar-refractivity contribution is 0.413. The Bertz CT molecular complexity index is 1290. The summed E-state index contributed by atoms with van der Waals surface area (Å²) < 4.78 is 23.0. The molecule has 0 aliphatic carbocycles. The predicted molar refractivity (Wildman–Crippen MR) is 121 cm³/mol. The molecule has 1 aliphatic rings. The second-order valence-corrected chi connectivity index (χ2v) is 8.02. The van der Waals surface area contributed by atoms with Crippen LogP contribution in [-0.4, -0.2) is 31.4 Å². The monoisotopic (exact) mass is 429 g/mol. The van der Waals surface area contributed by atoms with Gasteiger partial charge in [0.05, 0.1) is 24.8 Å². The third kappa shape index (κ3) is 3.93. The number of nitrogens with zero attached hydrogens (tertiary/aromatic N) is 5. The van der Waals surface area contributed by atoms with Crippen LogP contribution in [0.3, 0.4) is 0 Å². The highest BCUT2D eigenvalue weighted by molar-refractivity contribution is 5.80. The minimum Gasteiger partial charge on any atom is -0.495 e. The first-order valence-corrected chi connectivity index (χ1v) is 10.7. The molecule has 0 bridgehead atoms. The van der Waals surface area contributed by atoms with Crippen LogP contribution in [0.2, 0.25) is 0 Å². The Hall–Kier alpha value is -3.74. The topological polar surface area (TPSA) is 57.8 Å². The Labute approximate surface area is 186 Å². The normalized spacial score (nSPS) is 14.5. The number of methoxy groups -OCH3 is 1. The van der Waals surface area contributed by atoms with Gasteiger partial charge in [0.25, 0.3) is 0 Å². The molecule has 7 heteroatoms. The molecular weight excluding hydrogens is 405 g/mol. The highest BCUT2D eigenvalue weighted by Gasteiger charge is 2.20. The van der Waals surface area contributed by atoms with Crippen molar-refractivity contribution in [2.24, 2.45) is 0 Å². The van der Waals surface area contributed by atoms with E-state index in [1.807, 2.05) is 29.8 Å². The molecule has 0 atom stereocenters. The maximum absolute atomic E-state index is 13.2. The first kappa shape index (κ1) is 20.2. The fourth-order valence-corrected chi connectivity index (χ4v) is 4.15. The maximum Gasteiger partial charge on any atom is 0.159 e. The lowest BCUT2D eigenvalue weighted by atomic mass is 10.0. The molecule has 32 heavy (non-hydrogen) atoms. The zero-order valence-corrected chi connectivity index (χ0v) is 18.1. The molecule has 3 heterocycles. The number of aromatic nitrogens is 5. The van der Waals surface area contributed by atoms with Crippen LogP contribution in [0.25, 0.3) is 17.3 Å². The Balaban J connectivity index is 1.45. The van der Waals surface area contributed by atoms with Crippen LogP contribution in [0.15, 0.2) is 55.0 Å². The molecule has 0 N–H and O–H groups in total. The van der Waals surface area contributed by atoms with E-state index in [0.29, 0.717) is 6.42 Å². The molecule has 0 saturated carbocycles. The van der Waals surface area contributed by atoms with Gasteiger partial charge in [-0.05, 0) is 66.8 Å². The largest absolute Gasteiger partial charge is 0.495 e. The first-order chi connectivity index (χ1) is 15.6. The molecule has 1 aliphatic heterocycles. The minimum absolute atomic E-state index is 0.230. The van der Waals surface area contributed by atoms with E-state index in [2.05, 4.69) is 31.9 Å². The first-order valence-electron chi connectivity index (χ1n) is 10.7. The number of aryl methyl sites for hydroxylation is 1. The Morgan fingerprint density at radius 3 is 2.72 bits per heavy atom. The van der Waals surface area contributed by atoms with Gasteiger partial charge in [0, 0.05) is 19.2 Å². The zero-order chi connectivity index (χ0) is 22.1. The van der Waals surface area contributed by atoms with Crippen molar-refractivity contribution in [1.29, 1.82) is 0 Å². The molecule has 0 amide bonds. The van der Waals surface area contributed by atoms with Crippen LogP contribution >= 0.6 is 0 Å². The van der Waals surface area contributed by atoms with Gasteiger partial charge in [-0.15, -0.1) is 10.2 Å². The van der Waals surface area contributed by atoms with E-state index in [1.165, 1.54) is 12.1 Å². The number of benzene rings is 2. The SMILES string of the molecule is COc1cc(/C=C2\CCCn3c(Cc4ccc(F)cc4)nnc32)ccc1-n1cnc(C)c1. The Morgan fingerprint density at radius 1 is 1.12 bits per heavy atom. The fourth-order valence-electron chi connectivity index (χ4n) is 4.15. The predicted octanol–water partition coefficient (Wildman–Crippen LogP) is 4.85. The summed E-state index contributed by atoms with van der Waals surface area (Å²) in [6, 6.07) is 12.7. The van der Waals surface area contributed by atoms with Crippen molar-refractivity contribution < 1.29 is 9.13 Å². The summed E-state index contributed by atoms with van der Waals surface area (Å²) in [5, 5.41) is 8.93. The van der Waals surface area contributed by atoms with E-state index >= 15 is 0 Å². The molecule has 162 valence electrons. The van der Waals surface area contributed by atoms with Gasteiger partial charge in [-0.3, -0.25) is 0 Å². The van der Waals surface area contributed by atoms with Crippen LogP contribution in [-0.2, 0) is 13.0 Å². The Morgan fingerprint density at radius 2 is 1.97 bits per heavy atom. The van der Waals surface area contributed by atoms with Crippen LogP contribution < -0.4 is 4.74 Å². The van der Waals surface area contributed by atoms with Crippen molar-refractivity contribution in [3.05, 3.63) is 89.3 Å². The average Bonchev–Trinajstić information content (AvgIpc) is 3.42. The van der Waals surface area contributed by atoms with Crippen molar-refractivity contribution in [2.75, 3.05) is 7.11 Å². The summed E-state index contributed by atoms with van der Waals surface area (Å²) in [4.78, 5) is 4.30. The van der Waals surface area contributed by atoms with Gasteiger partial charge in [0.1, 0.15) is 17.4 Å². The summed E-state index contributed by atoms with van der Waals surface area (Å²) in [6.07, 6.45) is 8.52. The molecule has 0 saturated heterocycles. The molecule has 5 rings (SSSR count). The third-order valence-corrected chi connectivity index (χ3v) is 5.75.